The molecule has 0 aliphatic carbocycles. The zero-order chi connectivity index (χ0) is 16.7. The Morgan fingerprint density at radius 3 is 2.52 bits per heavy atom. The smallest absolute Gasteiger partial charge is 0.321 e. The number of benzene rings is 1. The molecule has 7 heteroatoms. The number of nitrogens with one attached hydrogen (secondary N) is 2. The predicted octanol–water partition coefficient (Wildman–Crippen LogP) is 3.17. The Hall–Kier alpha value is -1.34. The Morgan fingerprint density at radius 1 is 1.26 bits per heavy atom. The number of carbonyl (C=O) groups is 2. The largest absolute Gasteiger partial charge is 0.484 e. The summed E-state index contributed by atoms with van der Waals surface area (Å²) in [5.74, 6) is 2.54. The van der Waals surface area contributed by atoms with Crippen LogP contribution in [0.5, 0.6) is 5.75 Å². The summed E-state index contributed by atoms with van der Waals surface area (Å²) in [4.78, 5) is 23.2. The van der Waals surface area contributed by atoms with E-state index in [-0.39, 0.29) is 12.6 Å². The molecule has 2 rings (SSSR count). The van der Waals surface area contributed by atoms with Crippen LogP contribution in [-0.2, 0) is 4.79 Å². The highest BCUT2D eigenvalue weighted by molar-refractivity contribution is 8.19. The normalized spacial score (nSPS) is 15.9. The van der Waals surface area contributed by atoms with Gasteiger partial charge in [-0.1, -0.05) is 19.1 Å². The second kappa shape index (κ2) is 9.08. The van der Waals surface area contributed by atoms with E-state index in [1.165, 1.54) is 17.1 Å². The van der Waals surface area contributed by atoms with E-state index in [9.17, 15) is 9.59 Å². The lowest BCUT2D eigenvalue weighted by atomic mass is 10.2. The van der Waals surface area contributed by atoms with Crippen molar-refractivity contribution in [2.45, 2.75) is 30.9 Å². The van der Waals surface area contributed by atoms with Crippen LogP contribution in [0.3, 0.4) is 0 Å². The van der Waals surface area contributed by atoms with Crippen LogP contribution in [0.15, 0.2) is 24.3 Å². The van der Waals surface area contributed by atoms with Crippen LogP contribution in [-0.4, -0.2) is 36.1 Å². The number of ether oxygens (including phenoxy) is 1. The first-order valence-electron chi connectivity index (χ1n) is 7.64. The number of carbonyl (C=O) groups excluding carboxylic acids is 2. The molecule has 1 aliphatic heterocycles. The lowest BCUT2D eigenvalue weighted by Gasteiger charge is -2.12. The Labute approximate surface area is 145 Å². The summed E-state index contributed by atoms with van der Waals surface area (Å²) in [6, 6.07) is 7.32. The van der Waals surface area contributed by atoms with Gasteiger partial charge in [0.1, 0.15) is 5.75 Å². The number of hydrogen-bond donors (Lipinski definition) is 2. The van der Waals surface area contributed by atoms with Crippen molar-refractivity contribution in [1.82, 2.24) is 10.6 Å². The van der Waals surface area contributed by atoms with E-state index in [4.69, 9.17) is 4.74 Å². The summed E-state index contributed by atoms with van der Waals surface area (Å²) in [5.41, 5.74) is 1.27. The molecule has 1 aromatic rings. The molecule has 1 heterocycles. The minimum Gasteiger partial charge on any atom is -0.484 e. The minimum absolute atomic E-state index is 0.0302. The molecule has 1 aromatic carbocycles. The van der Waals surface area contributed by atoms with E-state index < -0.39 is 11.9 Å². The van der Waals surface area contributed by atoms with Crippen molar-refractivity contribution in [3.63, 3.8) is 0 Å². The maximum atomic E-state index is 11.7. The van der Waals surface area contributed by atoms with Gasteiger partial charge in [0.15, 0.2) is 6.61 Å². The van der Waals surface area contributed by atoms with Gasteiger partial charge in [-0.25, -0.2) is 4.79 Å². The molecule has 1 saturated heterocycles. The van der Waals surface area contributed by atoms with Gasteiger partial charge >= 0.3 is 6.03 Å². The van der Waals surface area contributed by atoms with Crippen molar-refractivity contribution < 1.29 is 14.3 Å². The molecule has 2 N–H and O–H groups in total. The van der Waals surface area contributed by atoms with Crippen molar-refractivity contribution >= 4 is 35.5 Å². The monoisotopic (exact) mass is 354 g/mol. The summed E-state index contributed by atoms with van der Waals surface area (Å²) in [6.07, 6.45) is 0.808. The highest BCUT2D eigenvalue weighted by Gasteiger charge is 2.18. The van der Waals surface area contributed by atoms with E-state index in [1.54, 1.807) is 0 Å². The van der Waals surface area contributed by atoms with Crippen LogP contribution in [0.1, 0.15) is 30.4 Å². The van der Waals surface area contributed by atoms with Gasteiger partial charge in [-0.3, -0.25) is 10.1 Å². The quantitative estimate of drug-likeness (QED) is 0.821. The number of rotatable bonds is 6. The van der Waals surface area contributed by atoms with Crippen LogP contribution in [0, 0.1) is 0 Å². The summed E-state index contributed by atoms with van der Waals surface area (Å²) < 4.78 is 5.91. The van der Waals surface area contributed by atoms with Crippen LogP contribution < -0.4 is 15.4 Å². The first-order valence-corrected chi connectivity index (χ1v) is 9.74. The topological polar surface area (TPSA) is 67.4 Å². The van der Waals surface area contributed by atoms with Crippen LogP contribution in [0.2, 0.25) is 0 Å². The molecule has 0 aromatic heterocycles. The number of amides is 3. The lowest BCUT2D eigenvalue weighted by Crippen LogP contribution is -2.44. The molecule has 1 aliphatic rings. The molecule has 3 amide bonds. The van der Waals surface area contributed by atoms with Crippen molar-refractivity contribution in [3.05, 3.63) is 29.8 Å². The molecule has 23 heavy (non-hydrogen) atoms. The first-order chi connectivity index (χ1) is 11.1. The van der Waals surface area contributed by atoms with E-state index in [2.05, 4.69) is 10.6 Å². The minimum atomic E-state index is -0.487. The van der Waals surface area contributed by atoms with Crippen molar-refractivity contribution in [1.29, 1.82) is 0 Å². The van der Waals surface area contributed by atoms with Gasteiger partial charge in [-0.05, 0) is 31.0 Å². The van der Waals surface area contributed by atoms with E-state index in [0.717, 1.165) is 6.42 Å². The highest BCUT2D eigenvalue weighted by Crippen LogP contribution is 2.45. The van der Waals surface area contributed by atoms with Gasteiger partial charge in [0.05, 0.1) is 4.58 Å². The fourth-order valence-corrected chi connectivity index (χ4v) is 4.80. The first kappa shape index (κ1) is 18.0. The van der Waals surface area contributed by atoms with E-state index in [1.807, 2.05) is 61.6 Å². The van der Waals surface area contributed by atoms with Gasteiger partial charge in [0.2, 0.25) is 0 Å². The SMILES string of the molecule is CC[C@H](C)NC(=O)NC(=O)COc1ccc(C2SCCS2)cc1. The van der Waals surface area contributed by atoms with Gasteiger partial charge in [-0.15, -0.1) is 23.5 Å². The van der Waals surface area contributed by atoms with Crippen molar-refractivity contribution in [2.75, 3.05) is 18.1 Å². The zero-order valence-corrected chi connectivity index (χ0v) is 15.0. The number of hydrogen-bond acceptors (Lipinski definition) is 5. The molecule has 5 nitrogen and oxygen atoms in total. The van der Waals surface area contributed by atoms with Gasteiger partial charge in [-0.2, -0.15) is 0 Å². The van der Waals surface area contributed by atoms with Gasteiger partial charge in [0.25, 0.3) is 5.91 Å². The third-order valence-electron chi connectivity index (χ3n) is 3.39. The summed E-state index contributed by atoms with van der Waals surface area (Å²) in [7, 11) is 0. The summed E-state index contributed by atoms with van der Waals surface area (Å²) >= 11 is 3.89. The molecule has 0 saturated carbocycles. The second-order valence-corrected chi connectivity index (χ2v) is 7.99. The van der Waals surface area contributed by atoms with Gasteiger partial charge in [0, 0.05) is 17.5 Å². The fraction of sp³-hybridized carbons (Fsp3) is 0.500. The lowest BCUT2D eigenvalue weighted by molar-refractivity contribution is -0.122. The van der Waals surface area contributed by atoms with E-state index in [0.29, 0.717) is 10.3 Å². The third kappa shape index (κ3) is 5.99. The third-order valence-corrected chi connectivity index (χ3v) is 6.49. The summed E-state index contributed by atoms with van der Waals surface area (Å²) in [6.45, 7) is 3.66. The highest BCUT2D eigenvalue weighted by atomic mass is 32.2. The predicted molar refractivity (Wildman–Crippen MR) is 96.0 cm³/mol. The maximum absolute atomic E-state index is 11.7. The second-order valence-electron chi connectivity index (χ2n) is 5.26. The van der Waals surface area contributed by atoms with Crippen molar-refractivity contribution in [2.24, 2.45) is 0 Å². The van der Waals surface area contributed by atoms with Crippen molar-refractivity contribution in [3.8, 4) is 5.75 Å². The zero-order valence-electron chi connectivity index (χ0n) is 13.3. The molecule has 0 unspecified atom stereocenters. The standard InChI is InChI=1S/C16H22N2O3S2/c1-3-11(2)17-16(20)18-14(19)10-21-13-6-4-12(5-7-13)15-22-8-9-23-15/h4-7,11,15H,3,8-10H2,1-2H3,(H2,17,18,19,20)/t11-/m0/s1. The fourth-order valence-electron chi connectivity index (χ4n) is 1.95. The molecule has 126 valence electrons. The molecule has 0 bridgehead atoms. The Morgan fingerprint density at radius 2 is 1.91 bits per heavy atom. The summed E-state index contributed by atoms with van der Waals surface area (Å²) in [5, 5.41) is 4.92. The molecule has 1 atom stereocenters. The average molecular weight is 354 g/mol. The molecule has 1 fully saturated rings. The van der Waals surface area contributed by atoms with Crippen LogP contribution in [0.4, 0.5) is 4.79 Å². The van der Waals surface area contributed by atoms with Crippen LogP contribution in [0.25, 0.3) is 0 Å². The van der Waals surface area contributed by atoms with E-state index >= 15 is 0 Å². The Bertz CT molecular complexity index is 531. The van der Waals surface area contributed by atoms with Crippen LogP contribution >= 0.6 is 23.5 Å². The Balaban J connectivity index is 1.74. The molecule has 0 radical (unpaired) electrons. The average Bonchev–Trinajstić information content (AvgIpc) is 3.07. The number of imide groups is 1. The number of urea groups is 1. The Kier molecular flexibility index (Phi) is 7.11. The van der Waals surface area contributed by atoms with Gasteiger partial charge < -0.3 is 10.1 Å². The molecular weight excluding hydrogens is 332 g/mol. The molecule has 0 spiro atoms. The molecular formula is C16H22N2O3S2. The maximum Gasteiger partial charge on any atom is 0.321 e. The number of thioether (sulfide) groups is 2.